The number of hydrogen-bond donors (Lipinski definition) is 1. The van der Waals surface area contributed by atoms with Crippen LogP contribution in [0.3, 0.4) is 0 Å². The summed E-state index contributed by atoms with van der Waals surface area (Å²) in [5.74, 6) is -1.85. The highest BCUT2D eigenvalue weighted by Crippen LogP contribution is 2.26. The van der Waals surface area contributed by atoms with Crippen LogP contribution in [0.2, 0.25) is 5.02 Å². The van der Waals surface area contributed by atoms with Crippen molar-refractivity contribution < 1.29 is 17.6 Å². The number of benzene rings is 2. The Bertz CT molecular complexity index is 1020. The Morgan fingerprint density at radius 3 is 2.62 bits per heavy atom. The molecule has 9 heteroatoms. The Kier molecular flexibility index (Phi) is 4.53. The zero-order valence-corrected chi connectivity index (χ0v) is 14.4. The predicted octanol–water partition coefficient (Wildman–Crippen LogP) is 3.50. The third-order valence-electron chi connectivity index (χ3n) is 3.09. The van der Waals surface area contributed by atoms with E-state index in [9.17, 15) is 17.6 Å². The third-order valence-corrected chi connectivity index (χ3v) is 5.91. The Balaban J connectivity index is 1.75. The molecule has 3 aromatic rings. The molecule has 0 saturated heterocycles. The second-order valence-electron chi connectivity index (χ2n) is 4.89. The molecule has 0 bridgehead atoms. The van der Waals surface area contributed by atoms with Crippen molar-refractivity contribution >= 4 is 54.0 Å². The fraction of sp³-hybridized carbons (Fsp3) is 0.0667. The Labute approximate surface area is 146 Å². The van der Waals surface area contributed by atoms with E-state index in [-0.39, 0.29) is 10.0 Å². The maximum atomic E-state index is 13.1. The van der Waals surface area contributed by atoms with E-state index in [4.69, 9.17) is 11.6 Å². The van der Waals surface area contributed by atoms with E-state index in [0.29, 0.717) is 15.2 Å². The van der Waals surface area contributed by atoms with Crippen LogP contribution in [0.5, 0.6) is 0 Å². The summed E-state index contributed by atoms with van der Waals surface area (Å²) >= 11 is 6.79. The molecule has 2 aromatic carbocycles. The monoisotopic (exact) mass is 384 g/mol. The van der Waals surface area contributed by atoms with Gasteiger partial charge in [-0.05, 0) is 42.5 Å². The van der Waals surface area contributed by atoms with Gasteiger partial charge < -0.3 is 5.32 Å². The van der Waals surface area contributed by atoms with E-state index in [2.05, 4.69) is 10.3 Å². The van der Waals surface area contributed by atoms with Crippen molar-refractivity contribution in [3.63, 3.8) is 0 Å². The smallest absolute Gasteiger partial charge is 0.241 e. The van der Waals surface area contributed by atoms with Crippen molar-refractivity contribution in [2.75, 3.05) is 11.1 Å². The first-order valence-corrected chi connectivity index (χ1v) is 9.52. The molecule has 1 N–H and O–H groups in total. The maximum absolute atomic E-state index is 13.1. The van der Waals surface area contributed by atoms with Crippen LogP contribution in [0, 0.1) is 5.82 Å². The number of carbonyl (C=O) groups is 1. The molecule has 3 rings (SSSR count). The minimum atomic E-state index is -3.79. The second kappa shape index (κ2) is 6.46. The lowest BCUT2D eigenvalue weighted by Crippen LogP contribution is -2.22. The van der Waals surface area contributed by atoms with Crippen molar-refractivity contribution in [1.29, 1.82) is 0 Å². The first-order valence-electron chi connectivity index (χ1n) is 6.68. The van der Waals surface area contributed by atoms with Crippen molar-refractivity contribution in [3.05, 3.63) is 53.3 Å². The van der Waals surface area contributed by atoms with Gasteiger partial charge in [-0.25, -0.2) is 17.8 Å². The normalized spacial score (nSPS) is 11.6. The number of halogens is 2. The number of thiazole rings is 1. The molecule has 124 valence electrons. The summed E-state index contributed by atoms with van der Waals surface area (Å²) in [5, 5.41) is 3.05. The molecule has 0 aliphatic rings. The van der Waals surface area contributed by atoms with Crippen LogP contribution in [0.15, 0.2) is 47.4 Å². The van der Waals surface area contributed by atoms with Gasteiger partial charge in [0, 0.05) is 5.02 Å². The van der Waals surface area contributed by atoms with Gasteiger partial charge in [-0.2, -0.15) is 0 Å². The number of nitrogens with zero attached hydrogens (tertiary/aromatic N) is 1. The van der Waals surface area contributed by atoms with Gasteiger partial charge in [0.05, 0.1) is 15.1 Å². The van der Waals surface area contributed by atoms with E-state index >= 15 is 0 Å². The van der Waals surface area contributed by atoms with E-state index < -0.39 is 27.3 Å². The molecule has 0 aliphatic carbocycles. The molecule has 0 radical (unpaired) electrons. The molecule has 0 unspecified atom stereocenters. The molecule has 0 fully saturated rings. The summed E-state index contributed by atoms with van der Waals surface area (Å²) in [6.07, 6.45) is 0. The molecule has 0 spiro atoms. The maximum Gasteiger partial charge on any atom is 0.241 e. The van der Waals surface area contributed by atoms with Crippen LogP contribution in [-0.2, 0) is 14.6 Å². The Morgan fingerprint density at radius 1 is 1.21 bits per heavy atom. The first-order chi connectivity index (χ1) is 11.3. The van der Waals surface area contributed by atoms with Gasteiger partial charge >= 0.3 is 0 Å². The Hall–Kier alpha value is -2.03. The second-order valence-corrected chi connectivity index (χ2v) is 8.35. The quantitative estimate of drug-likeness (QED) is 0.746. The van der Waals surface area contributed by atoms with Crippen LogP contribution < -0.4 is 5.32 Å². The van der Waals surface area contributed by atoms with E-state index in [0.717, 1.165) is 11.3 Å². The highest BCUT2D eigenvalue weighted by molar-refractivity contribution is 7.92. The average molecular weight is 385 g/mol. The standard InChI is InChI=1S/C15H10ClFN2O3S2/c16-9-1-4-11(5-2-9)24(21,22)8-14(20)19-15-18-12-6-3-10(17)7-13(12)23-15/h1-7H,8H2,(H,18,19,20). The lowest BCUT2D eigenvalue weighted by Gasteiger charge is -2.04. The number of aromatic nitrogens is 1. The van der Waals surface area contributed by atoms with Crippen LogP contribution in [0.4, 0.5) is 9.52 Å². The number of nitrogens with one attached hydrogen (secondary N) is 1. The molecule has 0 saturated carbocycles. The first kappa shape index (κ1) is 16.8. The molecule has 1 heterocycles. The summed E-state index contributed by atoms with van der Waals surface area (Å²) in [5.41, 5.74) is 0.525. The summed E-state index contributed by atoms with van der Waals surface area (Å²) in [7, 11) is -3.79. The SMILES string of the molecule is O=C(CS(=O)(=O)c1ccc(Cl)cc1)Nc1nc2ccc(F)cc2s1. The molecule has 24 heavy (non-hydrogen) atoms. The van der Waals surface area contributed by atoms with Gasteiger partial charge in [-0.3, -0.25) is 4.79 Å². The van der Waals surface area contributed by atoms with Gasteiger partial charge in [0.2, 0.25) is 5.91 Å². The highest BCUT2D eigenvalue weighted by Gasteiger charge is 2.20. The number of sulfone groups is 1. The number of fused-ring (bicyclic) bond motifs is 1. The van der Waals surface area contributed by atoms with Gasteiger partial charge in [0.25, 0.3) is 0 Å². The van der Waals surface area contributed by atoms with Gasteiger partial charge in [0.15, 0.2) is 15.0 Å². The zero-order chi connectivity index (χ0) is 17.3. The number of amides is 1. The molecule has 1 aromatic heterocycles. The third kappa shape index (κ3) is 3.72. The van der Waals surface area contributed by atoms with Crippen molar-refractivity contribution in [2.45, 2.75) is 4.90 Å². The largest absolute Gasteiger partial charge is 0.301 e. The van der Waals surface area contributed by atoms with E-state index in [1.54, 1.807) is 0 Å². The van der Waals surface area contributed by atoms with E-state index in [1.807, 2.05) is 0 Å². The summed E-state index contributed by atoms with van der Waals surface area (Å²) in [4.78, 5) is 16.1. The molecule has 5 nitrogen and oxygen atoms in total. The molecule has 0 atom stereocenters. The summed E-state index contributed by atoms with van der Waals surface area (Å²) in [6, 6.07) is 9.60. The number of anilines is 1. The molecule has 1 amide bonds. The highest BCUT2D eigenvalue weighted by atomic mass is 35.5. The fourth-order valence-electron chi connectivity index (χ4n) is 2.01. The lowest BCUT2D eigenvalue weighted by molar-refractivity contribution is -0.113. The molecule has 0 aliphatic heterocycles. The number of rotatable bonds is 4. The predicted molar refractivity (Wildman–Crippen MR) is 91.7 cm³/mol. The minimum Gasteiger partial charge on any atom is -0.301 e. The van der Waals surface area contributed by atoms with Crippen molar-refractivity contribution in [2.24, 2.45) is 0 Å². The van der Waals surface area contributed by atoms with Crippen LogP contribution in [0.25, 0.3) is 10.2 Å². The van der Waals surface area contributed by atoms with Crippen molar-refractivity contribution in [1.82, 2.24) is 4.98 Å². The van der Waals surface area contributed by atoms with Crippen LogP contribution in [-0.4, -0.2) is 25.1 Å². The van der Waals surface area contributed by atoms with Gasteiger partial charge in [-0.1, -0.05) is 22.9 Å². The number of hydrogen-bond acceptors (Lipinski definition) is 5. The lowest BCUT2D eigenvalue weighted by atomic mass is 10.3. The minimum absolute atomic E-state index is 0.00780. The summed E-state index contributed by atoms with van der Waals surface area (Å²) in [6.45, 7) is 0. The average Bonchev–Trinajstić information content (AvgIpc) is 2.88. The van der Waals surface area contributed by atoms with Gasteiger partial charge in [0.1, 0.15) is 11.6 Å². The zero-order valence-electron chi connectivity index (χ0n) is 12.0. The molecular formula is C15H10ClFN2O3S2. The van der Waals surface area contributed by atoms with Crippen LogP contribution >= 0.6 is 22.9 Å². The van der Waals surface area contributed by atoms with Crippen LogP contribution in [0.1, 0.15) is 0 Å². The van der Waals surface area contributed by atoms with E-state index in [1.165, 1.54) is 42.5 Å². The topological polar surface area (TPSA) is 76.1 Å². The van der Waals surface area contributed by atoms with Gasteiger partial charge in [-0.15, -0.1) is 0 Å². The fourth-order valence-corrected chi connectivity index (χ4v) is 4.17. The molecular weight excluding hydrogens is 375 g/mol. The summed E-state index contributed by atoms with van der Waals surface area (Å²) < 4.78 is 38.1. The number of carbonyl (C=O) groups excluding carboxylic acids is 1. The van der Waals surface area contributed by atoms with Crippen molar-refractivity contribution in [3.8, 4) is 0 Å². The Morgan fingerprint density at radius 2 is 1.92 bits per heavy atom.